The van der Waals surface area contributed by atoms with Crippen LogP contribution in [0.5, 0.6) is 0 Å². The summed E-state index contributed by atoms with van der Waals surface area (Å²) in [5.41, 5.74) is 2.45. The molecule has 0 aliphatic carbocycles. The maximum absolute atomic E-state index is 12.4. The number of halogens is 1. The Morgan fingerprint density at radius 3 is 2.65 bits per heavy atom. The van der Waals surface area contributed by atoms with E-state index >= 15 is 0 Å². The number of amides is 1. The highest BCUT2D eigenvalue weighted by molar-refractivity contribution is 7.14. The molecular weight excluding hydrogens is 366 g/mol. The van der Waals surface area contributed by atoms with Gasteiger partial charge in [-0.05, 0) is 37.5 Å². The molecule has 6 heteroatoms. The lowest BCUT2D eigenvalue weighted by molar-refractivity contribution is 0.0934. The third-order valence-corrected chi connectivity index (χ3v) is 5.03. The summed E-state index contributed by atoms with van der Waals surface area (Å²) in [6.07, 6.45) is 1.81. The standard InChI is InChI=1S/C20H20ClN3OS/c1-14(11-12-15-7-3-2-4-8-15)22-19(25)18-13-26-20(24-18)23-17-10-6-5-9-16(17)21/h2-10,13-14H,11-12H2,1H3,(H,22,25)(H,23,24)/t14-/m1/s1. The summed E-state index contributed by atoms with van der Waals surface area (Å²) in [4.78, 5) is 16.7. The van der Waals surface area contributed by atoms with Crippen LogP contribution in [0.3, 0.4) is 0 Å². The summed E-state index contributed by atoms with van der Waals surface area (Å²) < 4.78 is 0. The van der Waals surface area contributed by atoms with Crippen molar-refractivity contribution in [2.75, 3.05) is 5.32 Å². The Balaban J connectivity index is 1.53. The van der Waals surface area contributed by atoms with Crippen molar-refractivity contribution in [3.63, 3.8) is 0 Å². The molecule has 0 saturated heterocycles. The summed E-state index contributed by atoms with van der Waals surface area (Å²) in [5.74, 6) is -0.158. The van der Waals surface area contributed by atoms with E-state index in [0.29, 0.717) is 15.8 Å². The van der Waals surface area contributed by atoms with Gasteiger partial charge in [0.05, 0.1) is 10.7 Å². The lowest BCUT2D eigenvalue weighted by atomic mass is 10.1. The molecular formula is C20H20ClN3OS. The molecule has 1 heterocycles. The van der Waals surface area contributed by atoms with Crippen molar-refractivity contribution in [3.05, 3.63) is 76.3 Å². The molecule has 0 radical (unpaired) electrons. The molecule has 3 aromatic rings. The van der Waals surface area contributed by atoms with Gasteiger partial charge >= 0.3 is 0 Å². The molecule has 0 aliphatic heterocycles. The third kappa shape index (κ3) is 5.07. The van der Waals surface area contributed by atoms with Crippen LogP contribution in [0.1, 0.15) is 29.4 Å². The molecule has 0 spiro atoms. The number of aryl methyl sites for hydroxylation is 1. The fraction of sp³-hybridized carbons (Fsp3) is 0.200. The van der Waals surface area contributed by atoms with E-state index in [9.17, 15) is 4.79 Å². The van der Waals surface area contributed by atoms with Gasteiger partial charge in [-0.3, -0.25) is 4.79 Å². The average molecular weight is 386 g/mol. The van der Waals surface area contributed by atoms with Crippen molar-refractivity contribution in [3.8, 4) is 0 Å². The first-order valence-electron chi connectivity index (χ1n) is 8.43. The number of rotatable bonds is 7. The van der Waals surface area contributed by atoms with E-state index in [2.05, 4.69) is 27.8 Å². The van der Waals surface area contributed by atoms with Gasteiger partial charge in [0.1, 0.15) is 5.69 Å². The number of aromatic nitrogens is 1. The van der Waals surface area contributed by atoms with Gasteiger partial charge in [0, 0.05) is 11.4 Å². The minimum Gasteiger partial charge on any atom is -0.348 e. The summed E-state index contributed by atoms with van der Waals surface area (Å²) in [6, 6.07) is 17.8. The molecule has 1 atom stereocenters. The number of para-hydroxylation sites is 1. The molecule has 0 fully saturated rings. The minimum absolute atomic E-state index is 0.0735. The third-order valence-electron chi connectivity index (χ3n) is 3.94. The first-order valence-corrected chi connectivity index (χ1v) is 9.69. The van der Waals surface area contributed by atoms with Crippen LogP contribution in [0.15, 0.2) is 60.0 Å². The van der Waals surface area contributed by atoms with Crippen LogP contribution < -0.4 is 10.6 Å². The van der Waals surface area contributed by atoms with Crippen molar-refractivity contribution in [1.29, 1.82) is 0 Å². The van der Waals surface area contributed by atoms with Gasteiger partial charge in [-0.15, -0.1) is 11.3 Å². The smallest absolute Gasteiger partial charge is 0.271 e. The highest BCUT2D eigenvalue weighted by atomic mass is 35.5. The van der Waals surface area contributed by atoms with Crippen LogP contribution in [-0.4, -0.2) is 16.9 Å². The van der Waals surface area contributed by atoms with Gasteiger partial charge in [-0.2, -0.15) is 0 Å². The van der Waals surface area contributed by atoms with E-state index in [0.717, 1.165) is 18.5 Å². The molecule has 0 bridgehead atoms. The van der Waals surface area contributed by atoms with E-state index < -0.39 is 0 Å². The number of nitrogens with one attached hydrogen (secondary N) is 2. The second kappa shape index (κ2) is 8.83. The SMILES string of the molecule is C[C@H](CCc1ccccc1)NC(=O)c1csc(Nc2ccccc2Cl)n1. The van der Waals surface area contributed by atoms with E-state index in [-0.39, 0.29) is 11.9 Å². The van der Waals surface area contributed by atoms with Crippen molar-refractivity contribution in [2.45, 2.75) is 25.8 Å². The number of hydrogen-bond acceptors (Lipinski definition) is 4. The number of anilines is 2. The lowest BCUT2D eigenvalue weighted by Gasteiger charge is -2.12. The molecule has 4 nitrogen and oxygen atoms in total. The minimum atomic E-state index is -0.158. The van der Waals surface area contributed by atoms with E-state index in [1.165, 1.54) is 16.9 Å². The summed E-state index contributed by atoms with van der Waals surface area (Å²) in [7, 11) is 0. The van der Waals surface area contributed by atoms with Gasteiger partial charge in [-0.1, -0.05) is 54.1 Å². The predicted octanol–water partition coefficient (Wildman–Crippen LogP) is 5.29. The maximum Gasteiger partial charge on any atom is 0.271 e. The van der Waals surface area contributed by atoms with E-state index in [1.54, 1.807) is 11.4 Å². The van der Waals surface area contributed by atoms with Gasteiger partial charge < -0.3 is 10.6 Å². The highest BCUT2D eigenvalue weighted by Gasteiger charge is 2.14. The fourth-order valence-electron chi connectivity index (χ4n) is 2.51. The number of carbonyl (C=O) groups is 1. The van der Waals surface area contributed by atoms with Crippen molar-refractivity contribution < 1.29 is 4.79 Å². The average Bonchev–Trinajstić information content (AvgIpc) is 3.12. The summed E-state index contributed by atoms with van der Waals surface area (Å²) in [5, 5.41) is 9.15. The van der Waals surface area contributed by atoms with Crippen LogP contribution >= 0.6 is 22.9 Å². The molecule has 0 aliphatic rings. The molecule has 0 saturated carbocycles. The Bertz CT molecular complexity index is 866. The van der Waals surface area contributed by atoms with Crippen molar-refractivity contribution >= 4 is 39.7 Å². The topological polar surface area (TPSA) is 54.0 Å². The molecule has 1 amide bonds. The Labute approximate surface area is 162 Å². The molecule has 134 valence electrons. The van der Waals surface area contributed by atoms with Crippen LogP contribution in [0, 0.1) is 0 Å². The molecule has 1 aromatic heterocycles. The van der Waals surface area contributed by atoms with Crippen LogP contribution in [0.25, 0.3) is 0 Å². The Kier molecular flexibility index (Phi) is 6.26. The number of carbonyl (C=O) groups excluding carboxylic acids is 1. The number of thiazole rings is 1. The molecule has 26 heavy (non-hydrogen) atoms. The summed E-state index contributed by atoms with van der Waals surface area (Å²) in [6.45, 7) is 2.01. The van der Waals surface area contributed by atoms with Crippen molar-refractivity contribution in [1.82, 2.24) is 10.3 Å². The normalized spacial score (nSPS) is 11.8. The largest absolute Gasteiger partial charge is 0.348 e. The molecule has 0 unspecified atom stereocenters. The molecule has 2 aromatic carbocycles. The van der Waals surface area contributed by atoms with E-state index in [4.69, 9.17) is 11.6 Å². The lowest BCUT2D eigenvalue weighted by Crippen LogP contribution is -2.33. The quantitative estimate of drug-likeness (QED) is 0.580. The van der Waals surface area contributed by atoms with E-state index in [1.807, 2.05) is 43.3 Å². The first-order chi connectivity index (χ1) is 12.6. The Morgan fingerprint density at radius 1 is 1.15 bits per heavy atom. The molecule has 2 N–H and O–H groups in total. The number of benzene rings is 2. The zero-order valence-corrected chi connectivity index (χ0v) is 16.0. The Hall–Kier alpha value is -2.37. The second-order valence-electron chi connectivity index (χ2n) is 6.04. The van der Waals surface area contributed by atoms with Gasteiger partial charge in [0.15, 0.2) is 5.13 Å². The van der Waals surface area contributed by atoms with Crippen LogP contribution in [0.2, 0.25) is 5.02 Å². The number of hydrogen-bond donors (Lipinski definition) is 2. The summed E-state index contributed by atoms with van der Waals surface area (Å²) >= 11 is 7.51. The second-order valence-corrected chi connectivity index (χ2v) is 7.31. The van der Waals surface area contributed by atoms with Gasteiger partial charge in [-0.25, -0.2) is 4.98 Å². The van der Waals surface area contributed by atoms with Crippen molar-refractivity contribution in [2.24, 2.45) is 0 Å². The maximum atomic E-state index is 12.4. The first kappa shape index (κ1) is 18.4. The zero-order chi connectivity index (χ0) is 18.4. The van der Waals surface area contributed by atoms with Gasteiger partial charge in [0.2, 0.25) is 0 Å². The predicted molar refractivity (Wildman–Crippen MR) is 109 cm³/mol. The fourth-order valence-corrected chi connectivity index (χ4v) is 3.40. The van der Waals surface area contributed by atoms with Crippen LogP contribution in [-0.2, 0) is 6.42 Å². The monoisotopic (exact) mass is 385 g/mol. The Morgan fingerprint density at radius 2 is 1.88 bits per heavy atom. The zero-order valence-electron chi connectivity index (χ0n) is 14.4. The number of nitrogens with zero attached hydrogens (tertiary/aromatic N) is 1. The highest BCUT2D eigenvalue weighted by Crippen LogP contribution is 2.26. The molecule has 3 rings (SSSR count). The van der Waals surface area contributed by atoms with Crippen LogP contribution in [0.4, 0.5) is 10.8 Å². The van der Waals surface area contributed by atoms with Gasteiger partial charge in [0.25, 0.3) is 5.91 Å².